The molecule has 4 rings (SSSR count). The van der Waals surface area contributed by atoms with Crippen molar-refractivity contribution >= 4 is 6.03 Å². The fraction of sp³-hybridized carbons (Fsp3) is 0.500. The van der Waals surface area contributed by atoms with Crippen molar-refractivity contribution in [3.63, 3.8) is 0 Å². The van der Waals surface area contributed by atoms with Crippen LogP contribution < -0.4 is 5.32 Å². The minimum absolute atomic E-state index is 0.0644. The quantitative estimate of drug-likeness (QED) is 0.847. The van der Waals surface area contributed by atoms with E-state index in [1.807, 2.05) is 35.2 Å². The second-order valence-corrected chi connectivity index (χ2v) is 7.65. The first-order valence-corrected chi connectivity index (χ1v) is 10.2. The maximum Gasteiger partial charge on any atom is 0.317 e. The van der Waals surface area contributed by atoms with E-state index in [4.69, 9.17) is 4.42 Å². The molecule has 1 N–H and O–H groups in total. The van der Waals surface area contributed by atoms with Crippen LogP contribution in [-0.4, -0.2) is 54.6 Å². The third-order valence-electron chi connectivity index (χ3n) is 5.85. The summed E-state index contributed by atoms with van der Waals surface area (Å²) in [5.74, 6) is 1.11. The number of benzene rings is 1. The number of urea groups is 1. The van der Waals surface area contributed by atoms with Crippen molar-refractivity contribution in [3.05, 3.63) is 60.1 Å². The summed E-state index contributed by atoms with van der Waals surface area (Å²) in [4.78, 5) is 16.9. The molecule has 2 fully saturated rings. The normalized spacial score (nSPS) is 19.5. The lowest BCUT2D eigenvalue weighted by atomic mass is 9.93. The van der Waals surface area contributed by atoms with Crippen LogP contribution in [0.1, 0.15) is 42.9 Å². The molecule has 0 saturated carbocycles. The Morgan fingerprint density at radius 1 is 1.07 bits per heavy atom. The summed E-state index contributed by atoms with van der Waals surface area (Å²) in [7, 11) is 0. The molecule has 1 unspecified atom stereocenters. The summed E-state index contributed by atoms with van der Waals surface area (Å²) in [5, 5.41) is 3.10. The fourth-order valence-corrected chi connectivity index (χ4v) is 4.22. The Bertz CT molecular complexity index is 704. The molecule has 0 bridgehead atoms. The van der Waals surface area contributed by atoms with Crippen LogP contribution in [-0.2, 0) is 0 Å². The SMILES string of the molecule is O=C(NCCC(c1ccccc1)c1ccco1)N1CC(N2CCCCC2)C1. The summed E-state index contributed by atoms with van der Waals surface area (Å²) in [5.41, 5.74) is 1.22. The van der Waals surface area contributed by atoms with Crippen LogP contribution in [0.15, 0.2) is 53.1 Å². The van der Waals surface area contributed by atoms with Gasteiger partial charge in [0.2, 0.25) is 0 Å². The van der Waals surface area contributed by atoms with Crippen LogP contribution in [0.4, 0.5) is 4.79 Å². The first-order valence-electron chi connectivity index (χ1n) is 10.2. The zero-order valence-electron chi connectivity index (χ0n) is 15.8. The second kappa shape index (κ2) is 8.61. The van der Waals surface area contributed by atoms with Gasteiger partial charge in [0.25, 0.3) is 0 Å². The van der Waals surface area contributed by atoms with Gasteiger partial charge in [-0.1, -0.05) is 36.8 Å². The summed E-state index contributed by atoms with van der Waals surface area (Å²) >= 11 is 0. The van der Waals surface area contributed by atoms with Gasteiger partial charge in [-0.05, 0) is 50.0 Å². The lowest BCUT2D eigenvalue weighted by Crippen LogP contribution is -2.63. The van der Waals surface area contributed by atoms with E-state index in [0.717, 1.165) is 25.3 Å². The molecule has 2 saturated heterocycles. The number of nitrogens with zero attached hydrogens (tertiary/aromatic N) is 2. The van der Waals surface area contributed by atoms with Crippen molar-refractivity contribution in [2.24, 2.45) is 0 Å². The van der Waals surface area contributed by atoms with E-state index in [2.05, 4.69) is 22.3 Å². The topological polar surface area (TPSA) is 48.7 Å². The molecule has 3 heterocycles. The molecule has 5 nitrogen and oxygen atoms in total. The van der Waals surface area contributed by atoms with E-state index >= 15 is 0 Å². The maximum atomic E-state index is 12.4. The van der Waals surface area contributed by atoms with Crippen LogP contribution in [0, 0.1) is 0 Å². The number of carbonyl (C=O) groups is 1. The van der Waals surface area contributed by atoms with E-state index in [1.54, 1.807) is 6.26 Å². The van der Waals surface area contributed by atoms with Crippen LogP contribution in [0.5, 0.6) is 0 Å². The summed E-state index contributed by atoms with van der Waals surface area (Å²) in [6, 6.07) is 14.9. The number of rotatable bonds is 6. The fourth-order valence-electron chi connectivity index (χ4n) is 4.22. The van der Waals surface area contributed by atoms with Crippen molar-refractivity contribution in [2.45, 2.75) is 37.6 Å². The number of piperidine rings is 1. The minimum Gasteiger partial charge on any atom is -0.469 e. The Labute approximate surface area is 161 Å². The lowest BCUT2D eigenvalue weighted by Gasteiger charge is -2.46. The lowest BCUT2D eigenvalue weighted by molar-refractivity contribution is 0.0451. The van der Waals surface area contributed by atoms with E-state index in [9.17, 15) is 4.79 Å². The van der Waals surface area contributed by atoms with Crippen LogP contribution in [0.3, 0.4) is 0 Å². The highest BCUT2D eigenvalue weighted by Gasteiger charge is 2.35. The monoisotopic (exact) mass is 367 g/mol. The van der Waals surface area contributed by atoms with Gasteiger partial charge in [0, 0.05) is 31.6 Å². The molecule has 1 aromatic heterocycles. The van der Waals surface area contributed by atoms with E-state index < -0.39 is 0 Å². The first-order chi connectivity index (χ1) is 13.3. The van der Waals surface area contributed by atoms with Gasteiger partial charge >= 0.3 is 6.03 Å². The number of amides is 2. The molecule has 2 aliphatic heterocycles. The Morgan fingerprint density at radius 3 is 2.56 bits per heavy atom. The molecule has 1 aromatic carbocycles. The number of hydrogen-bond acceptors (Lipinski definition) is 3. The zero-order chi connectivity index (χ0) is 18.5. The van der Waals surface area contributed by atoms with Gasteiger partial charge in [-0.3, -0.25) is 4.90 Å². The highest BCUT2D eigenvalue weighted by Crippen LogP contribution is 2.28. The number of nitrogens with one attached hydrogen (secondary N) is 1. The number of likely N-dealkylation sites (tertiary alicyclic amines) is 2. The van der Waals surface area contributed by atoms with Gasteiger partial charge in [0.1, 0.15) is 5.76 Å². The van der Waals surface area contributed by atoms with Gasteiger partial charge in [-0.2, -0.15) is 0 Å². The van der Waals surface area contributed by atoms with E-state index in [0.29, 0.717) is 12.6 Å². The molecular formula is C22H29N3O2. The molecule has 1 atom stereocenters. The standard InChI is InChI=1S/C22H29N3O2/c26-22(25-16-19(17-25)24-13-5-2-6-14-24)23-12-11-20(21-10-7-15-27-21)18-8-3-1-4-9-18/h1,3-4,7-10,15,19-20H,2,5-6,11-14,16-17H2,(H,23,26). The predicted octanol–water partition coefficient (Wildman–Crippen LogP) is 3.68. The van der Waals surface area contributed by atoms with Gasteiger partial charge in [0.15, 0.2) is 0 Å². The van der Waals surface area contributed by atoms with Crippen molar-refractivity contribution in [1.82, 2.24) is 15.1 Å². The summed E-state index contributed by atoms with van der Waals surface area (Å²) < 4.78 is 5.64. The first kappa shape index (κ1) is 18.1. The highest BCUT2D eigenvalue weighted by atomic mass is 16.3. The Balaban J connectivity index is 1.25. The molecule has 2 aromatic rings. The number of hydrogen-bond donors (Lipinski definition) is 1. The van der Waals surface area contributed by atoms with Gasteiger partial charge in [-0.25, -0.2) is 4.79 Å². The van der Waals surface area contributed by atoms with Crippen molar-refractivity contribution in [2.75, 3.05) is 32.7 Å². The van der Waals surface area contributed by atoms with E-state index in [-0.39, 0.29) is 11.9 Å². The van der Waals surface area contributed by atoms with Gasteiger partial charge < -0.3 is 14.6 Å². The average Bonchev–Trinajstić information content (AvgIpc) is 3.20. The molecule has 144 valence electrons. The molecule has 0 aliphatic carbocycles. The minimum atomic E-state index is 0.0644. The van der Waals surface area contributed by atoms with Gasteiger partial charge in [-0.15, -0.1) is 0 Å². The molecule has 2 amide bonds. The van der Waals surface area contributed by atoms with Crippen LogP contribution in [0.2, 0.25) is 0 Å². The van der Waals surface area contributed by atoms with E-state index in [1.165, 1.54) is 37.9 Å². The molecule has 27 heavy (non-hydrogen) atoms. The van der Waals surface area contributed by atoms with Crippen molar-refractivity contribution < 1.29 is 9.21 Å². The summed E-state index contributed by atoms with van der Waals surface area (Å²) in [6.45, 7) is 4.77. The molecule has 5 heteroatoms. The third kappa shape index (κ3) is 4.35. The Hall–Kier alpha value is -2.27. The molecule has 0 radical (unpaired) electrons. The van der Waals surface area contributed by atoms with Crippen LogP contribution >= 0.6 is 0 Å². The van der Waals surface area contributed by atoms with Gasteiger partial charge in [0.05, 0.1) is 6.26 Å². The zero-order valence-corrected chi connectivity index (χ0v) is 15.8. The number of carbonyl (C=O) groups excluding carboxylic acids is 1. The largest absolute Gasteiger partial charge is 0.469 e. The average molecular weight is 367 g/mol. The van der Waals surface area contributed by atoms with Crippen molar-refractivity contribution in [3.8, 4) is 0 Å². The number of furan rings is 1. The third-order valence-corrected chi connectivity index (χ3v) is 5.85. The van der Waals surface area contributed by atoms with Crippen LogP contribution in [0.25, 0.3) is 0 Å². The Kier molecular flexibility index (Phi) is 5.78. The second-order valence-electron chi connectivity index (χ2n) is 7.65. The molecule has 2 aliphatic rings. The molecular weight excluding hydrogens is 338 g/mol. The molecule has 0 spiro atoms. The Morgan fingerprint density at radius 2 is 1.85 bits per heavy atom. The predicted molar refractivity (Wildman–Crippen MR) is 106 cm³/mol. The smallest absolute Gasteiger partial charge is 0.317 e. The van der Waals surface area contributed by atoms with Crippen molar-refractivity contribution in [1.29, 1.82) is 0 Å². The maximum absolute atomic E-state index is 12.4. The highest BCUT2D eigenvalue weighted by molar-refractivity contribution is 5.75. The summed E-state index contributed by atoms with van der Waals surface area (Å²) in [6.07, 6.45) is 6.50.